The maximum atomic E-state index is 10.2. The Hall–Kier alpha value is -0.990. The minimum absolute atomic E-state index is 0.471. The highest BCUT2D eigenvalue weighted by Gasteiger charge is 1.89. The van der Waals surface area contributed by atoms with Crippen LogP contribution in [0.15, 0.2) is 11.8 Å². The van der Waals surface area contributed by atoms with E-state index in [9.17, 15) is 4.79 Å². The van der Waals surface area contributed by atoms with Gasteiger partial charge in [0, 0.05) is 11.8 Å². The Kier molecular flexibility index (Phi) is 3.51. The Morgan fingerprint density at radius 3 is 2.44 bits per heavy atom. The van der Waals surface area contributed by atoms with Crippen LogP contribution in [0.5, 0.6) is 0 Å². The normalized spacial score (nSPS) is 11.4. The Balaban J connectivity index is 3.69. The van der Waals surface area contributed by atoms with Gasteiger partial charge in [-0.1, -0.05) is 13.3 Å². The summed E-state index contributed by atoms with van der Waals surface area (Å²) in [6.45, 7) is 1.99. The second kappa shape index (κ2) is 3.95. The lowest BCUT2D eigenvalue weighted by molar-refractivity contribution is -0.113. The Morgan fingerprint density at radius 1 is 1.56 bits per heavy atom. The van der Waals surface area contributed by atoms with Gasteiger partial charge in [-0.3, -0.25) is 4.79 Å². The highest BCUT2D eigenvalue weighted by atomic mass is 16.1. The first kappa shape index (κ1) is 8.01. The summed E-state index contributed by atoms with van der Waals surface area (Å²) in [6.07, 6.45) is 2.93. The Morgan fingerprint density at radius 2 is 2.11 bits per heavy atom. The van der Waals surface area contributed by atoms with Gasteiger partial charge in [0.05, 0.1) is 0 Å². The Labute approximate surface area is 54.7 Å². The van der Waals surface area contributed by atoms with E-state index in [0.29, 0.717) is 5.70 Å². The van der Waals surface area contributed by atoms with E-state index in [1.54, 1.807) is 0 Å². The molecule has 0 aromatic carbocycles. The molecule has 0 rings (SSSR count). The highest BCUT2D eigenvalue weighted by molar-refractivity contribution is 5.86. The molecule has 9 heavy (non-hydrogen) atoms. The average Bonchev–Trinajstić information content (AvgIpc) is 1.63. The van der Waals surface area contributed by atoms with Crippen LogP contribution in [-0.4, -0.2) is 5.91 Å². The molecule has 3 heteroatoms. The Bertz CT molecular complexity index is 129. The van der Waals surface area contributed by atoms with Crippen molar-refractivity contribution in [3.05, 3.63) is 11.8 Å². The number of hydrogen-bond donors (Lipinski definition) is 2. The first-order valence-electron chi connectivity index (χ1n) is 2.92. The predicted molar refractivity (Wildman–Crippen MR) is 36.4 cm³/mol. The quantitative estimate of drug-likeness (QED) is 0.530. The lowest BCUT2D eigenvalue weighted by Gasteiger charge is -1.93. The van der Waals surface area contributed by atoms with Gasteiger partial charge in [0.2, 0.25) is 5.91 Å². The second-order valence-corrected chi connectivity index (χ2v) is 1.87. The molecular weight excluding hydrogens is 116 g/mol. The van der Waals surface area contributed by atoms with Gasteiger partial charge in [0.15, 0.2) is 0 Å². The third-order valence-corrected chi connectivity index (χ3v) is 0.866. The van der Waals surface area contributed by atoms with E-state index >= 15 is 0 Å². The fourth-order valence-electron chi connectivity index (χ4n) is 0.544. The summed E-state index contributed by atoms with van der Waals surface area (Å²) in [5.74, 6) is -0.471. The minimum atomic E-state index is -0.471. The van der Waals surface area contributed by atoms with Gasteiger partial charge in [-0.25, -0.2) is 0 Å². The first-order chi connectivity index (χ1) is 4.16. The van der Waals surface area contributed by atoms with Crippen LogP contribution in [-0.2, 0) is 4.79 Å². The van der Waals surface area contributed by atoms with Gasteiger partial charge in [0.25, 0.3) is 0 Å². The van der Waals surface area contributed by atoms with Crippen molar-refractivity contribution in [2.24, 2.45) is 11.5 Å². The molecular formula is C6H12N2O. The summed E-state index contributed by atoms with van der Waals surface area (Å²) in [5, 5.41) is 0. The van der Waals surface area contributed by atoms with Crippen molar-refractivity contribution in [2.45, 2.75) is 19.8 Å². The highest BCUT2D eigenvalue weighted by Crippen LogP contribution is 1.94. The third-order valence-electron chi connectivity index (χ3n) is 0.866. The van der Waals surface area contributed by atoms with Crippen molar-refractivity contribution in [2.75, 3.05) is 0 Å². The molecule has 0 saturated heterocycles. The SMILES string of the molecule is CCC/C(N)=C\C(N)=O. The van der Waals surface area contributed by atoms with Crippen molar-refractivity contribution in [1.29, 1.82) is 0 Å². The number of amides is 1. The number of carbonyl (C=O) groups excluding carboxylic acids is 1. The van der Waals surface area contributed by atoms with Crippen LogP contribution >= 0.6 is 0 Å². The lowest BCUT2D eigenvalue weighted by Crippen LogP contribution is -2.10. The lowest BCUT2D eigenvalue weighted by atomic mass is 10.2. The number of rotatable bonds is 3. The monoisotopic (exact) mass is 128 g/mol. The molecule has 0 aliphatic heterocycles. The number of primary amides is 1. The second-order valence-electron chi connectivity index (χ2n) is 1.87. The molecule has 0 atom stereocenters. The molecule has 0 aromatic rings. The van der Waals surface area contributed by atoms with Crippen LogP contribution in [0.25, 0.3) is 0 Å². The summed E-state index contributed by atoms with van der Waals surface area (Å²) in [4.78, 5) is 10.2. The largest absolute Gasteiger partial charge is 0.402 e. The van der Waals surface area contributed by atoms with Crippen LogP contribution in [0.2, 0.25) is 0 Å². The first-order valence-corrected chi connectivity index (χ1v) is 2.92. The van der Waals surface area contributed by atoms with E-state index in [4.69, 9.17) is 11.5 Å². The van der Waals surface area contributed by atoms with Crippen LogP contribution in [0.4, 0.5) is 0 Å². The predicted octanol–water partition coefficient (Wildman–Crippen LogP) is 0.114. The summed E-state index contributed by atoms with van der Waals surface area (Å²) in [7, 11) is 0. The van der Waals surface area contributed by atoms with E-state index in [-0.39, 0.29) is 0 Å². The zero-order chi connectivity index (χ0) is 7.28. The fourth-order valence-corrected chi connectivity index (χ4v) is 0.544. The van der Waals surface area contributed by atoms with Gasteiger partial charge in [-0.05, 0) is 6.42 Å². The van der Waals surface area contributed by atoms with Crippen LogP contribution < -0.4 is 11.5 Å². The topological polar surface area (TPSA) is 69.1 Å². The number of nitrogens with two attached hydrogens (primary N) is 2. The standard InChI is InChI=1S/C6H12N2O/c1-2-3-5(7)4-6(8)9/h4H,2-3,7H2,1H3,(H2,8,9)/b5-4+. The molecule has 0 aliphatic rings. The summed E-state index contributed by atoms with van der Waals surface area (Å²) in [6, 6.07) is 0. The summed E-state index contributed by atoms with van der Waals surface area (Å²) < 4.78 is 0. The zero-order valence-corrected chi connectivity index (χ0v) is 5.55. The molecule has 0 saturated carbocycles. The zero-order valence-electron chi connectivity index (χ0n) is 5.55. The van der Waals surface area contributed by atoms with E-state index in [2.05, 4.69) is 0 Å². The molecule has 52 valence electrons. The molecule has 3 nitrogen and oxygen atoms in total. The van der Waals surface area contributed by atoms with Crippen molar-refractivity contribution in [3.63, 3.8) is 0 Å². The third kappa shape index (κ3) is 4.87. The molecule has 0 fully saturated rings. The molecule has 0 unspecified atom stereocenters. The molecule has 0 heterocycles. The van der Waals surface area contributed by atoms with Crippen LogP contribution in [0.3, 0.4) is 0 Å². The van der Waals surface area contributed by atoms with E-state index in [1.807, 2.05) is 6.92 Å². The van der Waals surface area contributed by atoms with E-state index < -0.39 is 5.91 Å². The van der Waals surface area contributed by atoms with Gasteiger partial charge < -0.3 is 11.5 Å². The molecule has 1 amide bonds. The number of allylic oxidation sites excluding steroid dienone is 1. The van der Waals surface area contributed by atoms with Crippen LogP contribution in [0.1, 0.15) is 19.8 Å². The van der Waals surface area contributed by atoms with Gasteiger partial charge >= 0.3 is 0 Å². The van der Waals surface area contributed by atoms with Crippen LogP contribution in [0, 0.1) is 0 Å². The molecule has 0 bridgehead atoms. The van der Waals surface area contributed by atoms with Crippen molar-refractivity contribution < 1.29 is 4.79 Å². The minimum Gasteiger partial charge on any atom is -0.402 e. The molecule has 0 aliphatic carbocycles. The summed E-state index contributed by atoms with van der Waals surface area (Å²) in [5.41, 5.74) is 10.7. The maximum Gasteiger partial charge on any atom is 0.243 e. The molecule has 4 N–H and O–H groups in total. The maximum absolute atomic E-state index is 10.2. The molecule has 0 radical (unpaired) electrons. The molecule has 0 aromatic heterocycles. The number of carbonyl (C=O) groups is 1. The van der Waals surface area contributed by atoms with Gasteiger partial charge in [0.1, 0.15) is 0 Å². The van der Waals surface area contributed by atoms with Crippen molar-refractivity contribution in [1.82, 2.24) is 0 Å². The van der Waals surface area contributed by atoms with E-state index in [0.717, 1.165) is 12.8 Å². The average molecular weight is 128 g/mol. The fraction of sp³-hybridized carbons (Fsp3) is 0.500. The van der Waals surface area contributed by atoms with E-state index in [1.165, 1.54) is 6.08 Å². The van der Waals surface area contributed by atoms with Gasteiger partial charge in [-0.15, -0.1) is 0 Å². The van der Waals surface area contributed by atoms with Gasteiger partial charge in [-0.2, -0.15) is 0 Å². The van der Waals surface area contributed by atoms with Crippen molar-refractivity contribution in [3.8, 4) is 0 Å². The smallest absolute Gasteiger partial charge is 0.243 e. The summed E-state index contributed by atoms with van der Waals surface area (Å²) >= 11 is 0. The van der Waals surface area contributed by atoms with Crippen molar-refractivity contribution >= 4 is 5.91 Å². The number of hydrogen-bond acceptors (Lipinski definition) is 2. The molecule has 0 spiro atoms.